The first-order chi connectivity index (χ1) is 8.32. The molecule has 0 radical (unpaired) electrons. The summed E-state index contributed by atoms with van der Waals surface area (Å²) >= 11 is 0. The molecule has 7 heteroatoms. The number of rotatable bonds is 5. The number of aliphatic carboxylic acids is 1. The van der Waals surface area contributed by atoms with Gasteiger partial charge in [0.15, 0.2) is 6.23 Å². The van der Waals surface area contributed by atoms with E-state index in [1.54, 1.807) is 0 Å². The van der Waals surface area contributed by atoms with Gasteiger partial charge in [0.25, 0.3) is 11.8 Å². The van der Waals surface area contributed by atoms with Gasteiger partial charge < -0.3 is 9.84 Å². The molecule has 0 aromatic rings. The van der Waals surface area contributed by atoms with E-state index in [2.05, 4.69) is 6.58 Å². The standard InChI is InChI=1S/C11H11NO6/c1-6(5-10(15)16)11(17)18-7(2)12-8(13)3-4-9(12)14/h3-4,7H,1,5H2,2H3,(H,15,16). The average Bonchev–Trinajstić information content (AvgIpc) is 2.57. The normalized spacial score (nSPS) is 15.7. The second-order valence-electron chi connectivity index (χ2n) is 3.56. The zero-order valence-electron chi connectivity index (χ0n) is 9.58. The van der Waals surface area contributed by atoms with E-state index in [0.717, 1.165) is 17.1 Å². The Balaban J connectivity index is 2.60. The molecule has 2 amide bonds. The summed E-state index contributed by atoms with van der Waals surface area (Å²) in [5.41, 5.74) is -0.263. The molecule has 18 heavy (non-hydrogen) atoms. The lowest BCUT2D eigenvalue weighted by molar-refractivity contribution is -0.162. The monoisotopic (exact) mass is 253 g/mol. The largest absolute Gasteiger partial charge is 0.481 e. The summed E-state index contributed by atoms with van der Waals surface area (Å²) in [6.07, 6.45) is 0.432. The maximum absolute atomic E-state index is 11.4. The highest BCUT2D eigenvalue weighted by atomic mass is 16.6. The maximum atomic E-state index is 11.4. The number of esters is 1. The second-order valence-corrected chi connectivity index (χ2v) is 3.56. The first-order valence-electron chi connectivity index (χ1n) is 4.98. The quantitative estimate of drug-likeness (QED) is 0.414. The van der Waals surface area contributed by atoms with Crippen LogP contribution in [0.3, 0.4) is 0 Å². The summed E-state index contributed by atoms with van der Waals surface area (Å²) in [5, 5.41) is 8.47. The molecule has 1 N–H and O–H groups in total. The van der Waals surface area contributed by atoms with Crippen LogP contribution in [0.1, 0.15) is 13.3 Å². The van der Waals surface area contributed by atoms with Gasteiger partial charge in [0, 0.05) is 17.7 Å². The van der Waals surface area contributed by atoms with Crippen LogP contribution in [0.4, 0.5) is 0 Å². The smallest absolute Gasteiger partial charge is 0.335 e. The number of amides is 2. The van der Waals surface area contributed by atoms with Crippen LogP contribution in [0.15, 0.2) is 24.3 Å². The molecule has 0 aromatic heterocycles. The topological polar surface area (TPSA) is 101 Å². The van der Waals surface area contributed by atoms with Crippen molar-refractivity contribution in [1.29, 1.82) is 0 Å². The highest BCUT2D eigenvalue weighted by molar-refractivity contribution is 6.13. The van der Waals surface area contributed by atoms with Crippen molar-refractivity contribution in [3.05, 3.63) is 24.3 Å². The van der Waals surface area contributed by atoms with Crippen molar-refractivity contribution in [2.24, 2.45) is 0 Å². The Morgan fingerprint density at radius 2 is 1.89 bits per heavy atom. The van der Waals surface area contributed by atoms with Crippen molar-refractivity contribution in [3.63, 3.8) is 0 Å². The fourth-order valence-corrected chi connectivity index (χ4v) is 1.32. The average molecular weight is 253 g/mol. The SMILES string of the molecule is C=C(CC(=O)O)C(=O)OC(C)N1C(=O)C=CC1=O. The zero-order chi connectivity index (χ0) is 13.9. The molecular weight excluding hydrogens is 242 g/mol. The minimum Gasteiger partial charge on any atom is -0.481 e. The first-order valence-corrected chi connectivity index (χ1v) is 4.98. The summed E-state index contributed by atoms with van der Waals surface area (Å²) in [6, 6.07) is 0. The van der Waals surface area contributed by atoms with Gasteiger partial charge in [0.05, 0.1) is 6.42 Å². The third-order valence-corrected chi connectivity index (χ3v) is 2.14. The Kier molecular flexibility index (Phi) is 3.98. The molecule has 0 aliphatic carbocycles. The number of imide groups is 1. The molecule has 1 aliphatic heterocycles. The number of hydrogen-bond donors (Lipinski definition) is 1. The lowest BCUT2D eigenvalue weighted by atomic mass is 10.2. The molecule has 0 saturated heterocycles. The van der Waals surface area contributed by atoms with Crippen LogP contribution in [0.5, 0.6) is 0 Å². The van der Waals surface area contributed by atoms with Gasteiger partial charge in [0.1, 0.15) is 0 Å². The fourth-order valence-electron chi connectivity index (χ4n) is 1.32. The molecule has 1 aliphatic rings. The molecule has 0 aromatic carbocycles. The van der Waals surface area contributed by atoms with E-state index in [1.165, 1.54) is 6.92 Å². The van der Waals surface area contributed by atoms with E-state index in [1.807, 2.05) is 0 Å². The summed E-state index contributed by atoms with van der Waals surface area (Å²) in [6.45, 7) is 4.58. The second kappa shape index (κ2) is 5.26. The Labute approximate surface area is 102 Å². The van der Waals surface area contributed by atoms with Gasteiger partial charge >= 0.3 is 11.9 Å². The molecule has 7 nitrogen and oxygen atoms in total. The van der Waals surface area contributed by atoms with Gasteiger partial charge in [-0.2, -0.15) is 0 Å². The summed E-state index contributed by atoms with van der Waals surface area (Å²) < 4.78 is 4.78. The number of carbonyl (C=O) groups excluding carboxylic acids is 3. The molecular formula is C11H11NO6. The highest BCUT2D eigenvalue weighted by Crippen LogP contribution is 2.12. The molecule has 96 valence electrons. The van der Waals surface area contributed by atoms with E-state index in [9.17, 15) is 19.2 Å². The van der Waals surface area contributed by atoms with E-state index >= 15 is 0 Å². The van der Waals surface area contributed by atoms with Crippen LogP contribution >= 0.6 is 0 Å². The van der Waals surface area contributed by atoms with Gasteiger partial charge in [-0.1, -0.05) is 6.58 Å². The number of ether oxygens (including phenoxy) is 1. The Morgan fingerprint density at radius 1 is 1.39 bits per heavy atom. The van der Waals surface area contributed by atoms with Gasteiger partial charge in [0.2, 0.25) is 0 Å². The van der Waals surface area contributed by atoms with Crippen molar-refractivity contribution < 1.29 is 29.0 Å². The number of hydrogen-bond acceptors (Lipinski definition) is 5. The molecule has 1 unspecified atom stereocenters. The predicted molar refractivity (Wildman–Crippen MR) is 57.9 cm³/mol. The Hall–Kier alpha value is -2.44. The summed E-state index contributed by atoms with van der Waals surface area (Å²) in [7, 11) is 0. The summed E-state index contributed by atoms with van der Waals surface area (Å²) in [4.78, 5) is 45.0. The third kappa shape index (κ3) is 3.03. The van der Waals surface area contributed by atoms with Crippen molar-refractivity contribution in [3.8, 4) is 0 Å². The van der Waals surface area contributed by atoms with Gasteiger partial charge in [-0.15, -0.1) is 0 Å². The zero-order valence-corrected chi connectivity index (χ0v) is 9.58. The minimum absolute atomic E-state index is 0.263. The molecule has 0 bridgehead atoms. The van der Waals surface area contributed by atoms with Crippen molar-refractivity contribution in [2.75, 3.05) is 0 Å². The molecule has 0 spiro atoms. The van der Waals surface area contributed by atoms with Crippen LogP contribution < -0.4 is 0 Å². The molecule has 1 atom stereocenters. The predicted octanol–water partition coefficient (Wildman–Crippen LogP) is -0.169. The van der Waals surface area contributed by atoms with E-state index in [0.29, 0.717) is 0 Å². The minimum atomic E-state index is -1.22. The van der Waals surface area contributed by atoms with Crippen LogP contribution in [0, 0.1) is 0 Å². The molecule has 1 rings (SSSR count). The number of carbonyl (C=O) groups is 4. The van der Waals surface area contributed by atoms with E-state index < -0.39 is 36.4 Å². The van der Waals surface area contributed by atoms with Crippen LogP contribution in [-0.4, -0.2) is 40.0 Å². The van der Waals surface area contributed by atoms with Crippen molar-refractivity contribution >= 4 is 23.8 Å². The molecule has 0 fully saturated rings. The van der Waals surface area contributed by atoms with Crippen LogP contribution in [-0.2, 0) is 23.9 Å². The highest BCUT2D eigenvalue weighted by Gasteiger charge is 2.31. The lowest BCUT2D eigenvalue weighted by Gasteiger charge is -2.22. The summed E-state index contributed by atoms with van der Waals surface area (Å²) in [5.74, 6) is -3.37. The maximum Gasteiger partial charge on any atom is 0.335 e. The van der Waals surface area contributed by atoms with Crippen molar-refractivity contribution in [1.82, 2.24) is 4.90 Å². The van der Waals surface area contributed by atoms with Crippen LogP contribution in [0.25, 0.3) is 0 Å². The molecule has 0 saturated carbocycles. The van der Waals surface area contributed by atoms with E-state index in [-0.39, 0.29) is 5.57 Å². The Morgan fingerprint density at radius 3 is 2.33 bits per heavy atom. The number of carboxylic acid groups (broad SMARTS) is 1. The number of carboxylic acids is 1. The third-order valence-electron chi connectivity index (χ3n) is 2.14. The Bertz CT molecular complexity index is 446. The fraction of sp³-hybridized carbons (Fsp3) is 0.273. The number of nitrogens with zero attached hydrogens (tertiary/aromatic N) is 1. The van der Waals surface area contributed by atoms with Gasteiger partial charge in [-0.05, 0) is 6.92 Å². The van der Waals surface area contributed by atoms with Crippen LogP contribution in [0.2, 0.25) is 0 Å². The van der Waals surface area contributed by atoms with Gasteiger partial charge in [-0.3, -0.25) is 14.4 Å². The lowest BCUT2D eigenvalue weighted by Crippen LogP contribution is -2.41. The van der Waals surface area contributed by atoms with E-state index in [4.69, 9.17) is 9.84 Å². The molecule has 1 heterocycles. The van der Waals surface area contributed by atoms with Gasteiger partial charge in [-0.25, -0.2) is 9.69 Å². The van der Waals surface area contributed by atoms with Crippen molar-refractivity contribution in [2.45, 2.75) is 19.6 Å². The first kappa shape index (κ1) is 13.6.